The molecule has 0 heterocycles. The molecule has 0 aromatic rings. The minimum atomic E-state index is -0.534. The molecule has 0 aromatic carbocycles. The molecule has 4 nitrogen and oxygen atoms in total. The summed E-state index contributed by atoms with van der Waals surface area (Å²) in [6, 6.07) is 0. The molecule has 0 aliphatic heterocycles. The lowest BCUT2D eigenvalue weighted by atomic mass is 10.3. The lowest BCUT2D eigenvalue weighted by molar-refractivity contribution is 0.153. The van der Waals surface area contributed by atoms with E-state index in [1.807, 2.05) is 6.92 Å². The number of nitrogens with zero attached hydrogens (tertiary/aromatic N) is 1. The van der Waals surface area contributed by atoms with Crippen LogP contribution in [-0.4, -0.2) is 18.9 Å². The van der Waals surface area contributed by atoms with Crippen LogP contribution in [0.2, 0.25) is 0 Å². The van der Waals surface area contributed by atoms with Crippen LogP contribution in [-0.2, 0) is 4.84 Å². The van der Waals surface area contributed by atoms with Gasteiger partial charge in [-0.15, -0.1) is 0 Å². The number of carbonyl (C=O) groups is 1. The molecule has 0 saturated heterocycles. The zero-order valence-electron chi connectivity index (χ0n) is 6.47. The third-order valence-electron chi connectivity index (χ3n) is 1.00. The number of rotatable bonds is 2. The van der Waals surface area contributed by atoms with Gasteiger partial charge in [0, 0.05) is 7.05 Å². The number of carbonyl (C=O) groups excluding carboxylic acids is 1. The van der Waals surface area contributed by atoms with E-state index in [0.717, 1.165) is 12.1 Å². The molecule has 0 atom stereocenters. The third kappa shape index (κ3) is 3.88. The Labute approximate surface area is 60.2 Å². The fraction of sp³-hybridized carbons (Fsp3) is 0.667. The van der Waals surface area contributed by atoms with E-state index in [-0.39, 0.29) is 0 Å². The Morgan fingerprint density at radius 3 is 2.70 bits per heavy atom. The molecule has 0 rings (SSSR count). The van der Waals surface area contributed by atoms with E-state index < -0.39 is 6.09 Å². The zero-order chi connectivity index (χ0) is 7.98. The highest BCUT2D eigenvalue weighted by Gasteiger charge is 1.94. The fourth-order valence-corrected chi connectivity index (χ4v) is 0.230. The molecule has 0 unspecified atom stereocenters. The van der Waals surface area contributed by atoms with Gasteiger partial charge in [-0.1, -0.05) is 12.1 Å². The molecule has 0 spiro atoms. The Morgan fingerprint density at radius 2 is 2.30 bits per heavy atom. The smallest absolute Gasteiger partial charge is 0.323 e. The van der Waals surface area contributed by atoms with Gasteiger partial charge < -0.3 is 5.32 Å². The summed E-state index contributed by atoms with van der Waals surface area (Å²) in [4.78, 5) is 14.8. The van der Waals surface area contributed by atoms with Gasteiger partial charge in [0.05, 0.1) is 5.71 Å². The van der Waals surface area contributed by atoms with E-state index in [1.165, 1.54) is 7.05 Å². The summed E-state index contributed by atoms with van der Waals surface area (Å²) in [5.74, 6) is 0. The van der Waals surface area contributed by atoms with Crippen molar-refractivity contribution < 1.29 is 9.63 Å². The fourth-order valence-electron chi connectivity index (χ4n) is 0.230. The SMILES string of the molecule is CCC(C)=NOC(=O)NC. The summed E-state index contributed by atoms with van der Waals surface area (Å²) < 4.78 is 0. The van der Waals surface area contributed by atoms with Crippen LogP contribution in [0.25, 0.3) is 0 Å². The average molecular weight is 144 g/mol. The summed E-state index contributed by atoms with van der Waals surface area (Å²) in [6.45, 7) is 3.73. The predicted molar refractivity (Wildman–Crippen MR) is 38.9 cm³/mol. The Hall–Kier alpha value is -1.06. The van der Waals surface area contributed by atoms with Gasteiger partial charge in [0.2, 0.25) is 0 Å². The zero-order valence-corrected chi connectivity index (χ0v) is 6.47. The van der Waals surface area contributed by atoms with Crippen LogP contribution in [0.1, 0.15) is 20.3 Å². The molecule has 0 aliphatic carbocycles. The van der Waals surface area contributed by atoms with Crippen LogP contribution >= 0.6 is 0 Å². The van der Waals surface area contributed by atoms with Gasteiger partial charge in [-0.3, -0.25) is 4.84 Å². The Balaban J connectivity index is 3.61. The van der Waals surface area contributed by atoms with Crippen LogP contribution < -0.4 is 5.32 Å². The van der Waals surface area contributed by atoms with Gasteiger partial charge in [-0.05, 0) is 13.3 Å². The first-order valence-corrected chi connectivity index (χ1v) is 3.13. The lowest BCUT2D eigenvalue weighted by Crippen LogP contribution is -2.17. The highest BCUT2D eigenvalue weighted by molar-refractivity contribution is 5.81. The highest BCUT2D eigenvalue weighted by atomic mass is 16.7. The molecule has 1 N–H and O–H groups in total. The Morgan fingerprint density at radius 1 is 1.70 bits per heavy atom. The monoisotopic (exact) mass is 144 g/mol. The van der Waals surface area contributed by atoms with Crippen molar-refractivity contribution in [2.24, 2.45) is 5.16 Å². The van der Waals surface area contributed by atoms with Crippen molar-refractivity contribution in [2.45, 2.75) is 20.3 Å². The minimum absolute atomic E-state index is 0.534. The van der Waals surface area contributed by atoms with Gasteiger partial charge in [0.15, 0.2) is 0 Å². The molecule has 0 saturated carbocycles. The number of hydrogen-bond donors (Lipinski definition) is 1. The predicted octanol–water partition coefficient (Wildman–Crippen LogP) is 1.13. The molecule has 0 aliphatic rings. The maximum absolute atomic E-state index is 10.4. The van der Waals surface area contributed by atoms with Crippen molar-refractivity contribution in [3.05, 3.63) is 0 Å². The first-order valence-electron chi connectivity index (χ1n) is 3.13. The molecule has 0 bridgehead atoms. The van der Waals surface area contributed by atoms with Crippen LogP contribution in [0.4, 0.5) is 4.79 Å². The average Bonchev–Trinajstić information content (AvgIpc) is 1.99. The first kappa shape index (κ1) is 8.94. The van der Waals surface area contributed by atoms with E-state index >= 15 is 0 Å². The Bertz CT molecular complexity index is 143. The third-order valence-corrected chi connectivity index (χ3v) is 1.00. The highest BCUT2D eigenvalue weighted by Crippen LogP contribution is 1.85. The molecule has 4 heteroatoms. The van der Waals surface area contributed by atoms with E-state index in [4.69, 9.17) is 0 Å². The second-order valence-corrected chi connectivity index (χ2v) is 1.81. The summed E-state index contributed by atoms with van der Waals surface area (Å²) in [5.41, 5.74) is 0.795. The van der Waals surface area contributed by atoms with Crippen molar-refractivity contribution in [2.75, 3.05) is 7.05 Å². The van der Waals surface area contributed by atoms with Crippen molar-refractivity contribution in [1.82, 2.24) is 5.32 Å². The van der Waals surface area contributed by atoms with Gasteiger partial charge in [0.25, 0.3) is 0 Å². The maximum Gasteiger partial charge on any atom is 0.433 e. The standard InChI is InChI=1S/C6H12N2O2/c1-4-5(2)8-10-6(9)7-3/h4H2,1-3H3,(H,7,9). The summed E-state index contributed by atoms with van der Waals surface area (Å²) in [5, 5.41) is 5.79. The van der Waals surface area contributed by atoms with Gasteiger partial charge in [0.1, 0.15) is 0 Å². The van der Waals surface area contributed by atoms with Crippen molar-refractivity contribution in [3.63, 3.8) is 0 Å². The molecule has 0 radical (unpaired) electrons. The minimum Gasteiger partial charge on any atom is -0.323 e. The van der Waals surface area contributed by atoms with Crippen molar-refractivity contribution in [1.29, 1.82) is 0 Å². The van der Waals surface area contributed by atoms with E-state index in [1.54, 1.807) is 6.92 Å². The van der Waals surface area contributed by atoms with E-state index in [2.05, 4.69) is 15.3 Å². The van der Waals surface area contributed by atoms with Gasteiger partial charge in [-0.2, -0.15) is 0 Å². The van der Waals surface area contributed by atoms with Gasteiger partial charge >= 0.3 is 6.09 Å². The molecule has 10 heavy (non-hydrogen) atoms. The molecule has 58 valence electrons. The molecular weight excluding hydrogens is 132 g/mol. The molecule has 1 amide bonds. The second kappa shape index (κ2) is 4.78. The van der Waals surface area contributed by atoms with Crippen molar-refractivity contribution in [3.8, 4) is 0 Å². The molecule has 0 fully saturated rings. The summed E-state index contributed by atoms with van der Waals surface area (Å²) in [7, 11) is 1.49. The van der Waals surface area contributed by atoms with Gasteiger partial charge in [-0.25, -0.2) is 4.79 Å². The molecule has 0 aromatic heterocycles. The van der Waals surface area contributed by atoms with Crippen LogP contribution in [0.15, 0.2) is 5.16 Å². The molecular formula is C6H12N2O2. The summed E-state index contributed by atoms with van der Waals surface area (Å²) >= 11 is 0. The summed E-state index contributed by atoms with van der Waals surface area (Å²) in [6.07, 6.45) is 0.254. The first-order chi connectivity index (χ1) is 4.70. The topological polar surface area (TPSA) is 50.7 Å². The number of hydrogen-bond acceptors (Lipinski definition) is 3. The lowest BCUT2D eigenvalue weighted by Gasteiger charge is -1.95. The maximum atomic E-state index is 10.4. The van der Waals surface area contributed by atoms with E-state index in [9.17, 15) is 4.79 Å². The van der Waals surface area contributed by atoms with E-state index in [0.29, 0.717) is 0 Å². The van der Waals surface area contributed by atoms with Crippen LogP contribution in [0, 0.1) is 0 Å². The number of nitrogens with one attached hydrogen (secondary N) is 1. The van der Waals surface area contributed by atoms with Crippen LogP contribution in [0.3, 0.4) is 0 Å². The number of oxime groups is 1. The second-order valence-electron chi connectivity index (χ2n) is 1.81. The number of amides is 1. The largest absolute Gasteiger partial charge is 0.433 e. The normalized spacial score (nSPS) is 10.9. The van der Waals surface area contributed by atoms with Crippen molar-refractivity contribution >= 4 is 11.8 Å². The Kier molecular flexibility index (Phi) is 4.28. The quantitative estimate of drug-likeness (QED) is 0.359. The van der Waals surface area contributed by atoms with Crippen LogP contribution in [0.5, 0.6) is 0 Å².